The van der Waals surface area contributed by atoms with Gasteiger partial charge in [0.05, 0.1) is 11.4 Å². The number of nitrogens with zero attached hydrogens (tertiary/aromatic N) is 1. The van der Waals surface area contributed by atoms with E-state index in [0.29, 0.717) is 11.0 Å². The van der Waals surface area contributed by atoms with Crippen molar-refractivity contribution in [2.24, 2.45) is 0 Å². The molecule has 0 saturated heterocycles. The Bertz CT molecular complexity index is 578. The minimum atomic E-state index is 0.416. The van der Waals surface area contributed by atoms with Gasteiger partial charge in [0.1, 0.15) is 5.15 Å². The zero-order chi connectivity index (χ0) is 11.8. The van der Waals surface area contributed by atoms with Crippen LogP contribution in [-0.4, -0.2) is 4.98 Å². The molecule has 0 amide bonds. The summed E-state index contributed by atoms with van der Waals surface area (Å²) in [6.07, 6.45) is 4.83. The number of pyridine rings is 1. The van der Waals surface area contributed by atoms with E-state index in [4.69, 9.17) is 23.2 Å². The van der Waals surface area contributed by atoms with Crippen LogP contribution in [-0.2, 0) is 18.7 Å². The Morgan fingerprint density at radius 2 is 2.00 bits per heavy atom. The van der Waals surface area contributed by atoms with Gasteiger partial charge in [0, 0.05) is 10.9 Å². The normalized spacial score (nSPS) is 14.9. The van der Waals surface area contributed by atoms with Crippen molar-refractivity contribution in [2.45, 2.75) is 31.6 Å². The SMILES string of the molecule is ClCc1cc2ccc3c(c2nc1Cl)CCCC3. The van der Waals surface area contributed by atoms with Gasteiger partial charge in [-0.2, -0.15) is 0 Å². The summed E-state index contributed by atoms with van der Waals surface area (Å²) in [5.74, 6) is 0.416. The van der Waals surface area contributed by atoms with Gasteiger partial charge in [0.25, 0.3) is 0 Å². The number of aryl methyl sites for hydroxylation is 2. The molecule has 0 N–H and O–H groups in total. The van der Waals surface area contributed by atoms with Gasteiger partial charge in [-0.05, 0) is 42.9 Å². The third kappa shape index (κ3) is 1.92. The maximum Gasteiger partial charge on any atom is 0.134 e. The molecular weight excluding hydrogens is 253 g/mol. The van der Waals surface area contributed by atoms with E-state index in [0.717, 1.165) is 22.9 Å². The molecule has 0 spiro atoms. The van der Waals surface area contributed by atoms with Crippen molar-refractivity contribution in [3.05, 3.63) is 40.0 Å². The van der Waals surface area contributed by atoms with E-state index in [-0.39, 0.29) is 0 Å². The fourth-order valence-corrected chi connectivity index (χ4v) is 3.06. The first-order valence-corrected chi connectivity index (χ1v) is 6.86. The molecule has 0 radical (unpaired) electrons. The van der Waals surface area contributed by atoms with Crippen molar-refractivity contribution in [1.82, 2.24) is 4.98 Å². The lowest BCUT2D eigenvalue weighted by molar-refractivity contribution is 0.689. The summed E-state index contributed by atoms with van der Waals surface area (Å²) in [5.41, 5.74) is 4.81. The molecule has 0 saturated carbocycles. The molecule has 0 bridgehead atoms. The van der Waals surface area contributed by atoms with Gasteiger partial charge in [-0.25, -0.2) is 4.98 Å². The summed E-state index contributed by atoms with van der Waals surface area (Å²) in [5, 5.41) is 1.71. The summed E-state index contributed by atoms with van der Waals surface area (Å²) in [4.78, 5) is 4.54. The van der Waals surface area contributed by atoms with Crippen LogP contribution in [0.5, 0.6) is 0 Å². The van der Waals surface area contributed by atoms with E-state index in [9.17, 15) is 0 Å². The average Bonchev–Trinajstić information content (AvgIpc) is 2.38. The first-order chi connectivity index (χ1) is 8.29. The molecule has 1 aliphatic carbocycles. The van der Waals surface area contributed by atoms with Crippen LogP contribution >= 0.6 is 23.2 Å². The zero-order valence-corrected chi connectivity index (χ0v) is 11.0. The van der Waals surface area contributed by atoms with Gasteiger partial charge < -0.3 is 0 Å². The maximum atomic E-state index is 6.15. The van der Waals surface area contributed by atoms with Crippen LogP contribution in [0, 0.1) is 0 Å². The maximum absolute atomic E-state index is 6.15. The number of halogens is 2. The molecule has 1 aliphatic rings. The molecule has 0 aliphatic heterocycles. The molecule has 1 aromatic carbocycles. The summed E-state index contributed by atoms with van der Waals surface area (Å²) >= 11 is 12.0. The quantitative estimate of drug-likeness (QED) is 0.546. The van der Waals surface area contributed by atoms with E-state index in [1.807, 2.05) is 0 Å². The lowest BCUT2D eigenvalue weighted by Crippen LogP contribution is -2.04. The lowest BCUT2D eigenvalue weighted by Gasteiger charge is -2.17. The molecule has 1 aromatic heterocycles. The molecule has 0 unspecified atom stereocenters. The van der Waals surface area contributed by atoms with Crippen LogP contribution in [0.1, 0.15) is 29.5 Å². The Morgan fingerprint density at radius 3 is 2.82 bits per heavy atom. The second-order valence-electron chi connectivity index (χ2n) is 4.55. The highest BCUT2D eigenvalue weighted by molar-refractivity contribution is 6.31. The highest BCUT2D eigenvalue weighted by Crippen LogP contribution is 2.30. The Labute approximate surface area is 111 Å². The Balaban J connectivity index is 2.28. The summed E-state index contributed by atoms with van der Waals surface area (Å²) in [6.45, 7) is 0. The standard InChI is InChI=1S/C14H13Cl2N/c15-8-11-7-10-6-5-9-3-1-2-4-12(9)13(10)17-14(11)16/h5-7H,1-4,8H2. The third-order valence-corrected chi connectivity index (χ3v) is 4.10. The third-order valence-electron chi connectivity index (χ3n) is 3.48. The fourth-order valence-electron chi connectivity index (χ4n) is 2.59. The monoisotopic (exact) mass is 265 g/mol. The van der Waals surface area contributed by atoms with Gasteiger partial charge in [-0.15, -0.1) is 11.6 Å². The molecule has 17 heavy (non-hydrogen) atoms. The van der Waals surface area contributed by atoms with Gasteiger partial charge in [0.2, 0.25) is 0 Å². The van der Waals surface area contributed by atoms with Gasteiger partial charge in [-0.3, -0.25) is 0 Å². The van der Waals surface area contributed by atoms with Gasteiger partial charge in [0.15, 0.2) is 0 Å². The van der Waals surface area contributed by atoms with E-state index in [1.165, 1.54) is 30.4 Å². The Morgan fingerprint density at radius 1 is 1.18 bits per heavy atom. The first-order valence-electron chi connectivity index (χ1n) is 5.95. The Kier molecular flexibility index (Phi) is 2.97. The number of hydrogen-bond donors (Lipinski definition) is 0. The van der Waals surface area contributed by atoms with Crippen molar-refractivity contribution in [3.8, 4) is 0 Å². The molecule has 2 aromatic rings. The molecule has 1 heterocycles. The molecule has 3 rings (SSSR count). The first kappa shape index (κ1) is 11.3. The number of hydrogen-bond acceptors (Lipinski definition) is 1. The van der Waals surface area contributed by atoms with Crippen LogP contribution in [0.25, 0.3) is 10.9 Å². The number of rotatable bonds is 1. The number of aromatic nitrogens is 1. The molecule has 1 nitrogen and oxygen atoms in total. The summed E-state index contributed by atoms with van der Waals surface area (Å²) < 4.78 is 0. The van der Waals surface area contributed by atoms with Crippen molar-refractivity contribution < 1.29 is 0 Å². The van der Waals surface area contributed by atoms with Crippen LogP contribution < -0.4 is 0 Å². The minimum Gasteiger partial charge on any atom is -0.235 e. The van der Waals surface area contributed by atoms with Crippen molar-refractivity contribution >= 4 is 34.1 Å². The molecular formula is C14H13Cl2N. The van der Waals surface area contributed by atoms with Gasteiger partial charge >= 0.3 is 0 Å². The second-order valence-corrected chi connectivity index (χ2v) is 5.18. The summed E-state index contributed by atoms with van der Waals surface area (Å²) in [7, 11) is 0. The number of fused-ring (bicyclic) bond motifs is 3. The predicted molar refractivity (Wildman–Crippen MR) is 73.0 cm³/mol. The zero-order valence-electron chi connectivity index (χ0n) is 9.47. The number of benzene rings is 1. The average molecular weight is 266 g/mol. The van der Waals surface area contributed by atoms with Crippen LogP contribution in [0.15, 0.2) is 18.2 Å². The predicted octanol–water partition coefficient (Wildman–Crippen LogP) is 4.51. The molecule has 88 valence electrons. The smallest absolute Gasteiger partial charge is 0.134 e. The van der Waals surface area contributed by atoms with Crippen LogP contribution in [0.2, 0.25) is 5.15 Å². The summed E-state index contributed by atoms with van der Waals surface area (Å²) in [6, 6.07) is 6.43. The van der Waals surface area contributed by atoms with Crippen LogP contribution in [0.4, 0.5) is 0 Å². The fraction of sp³-hybridized carbons (Fsp3) is 0.357. The molecule has 0 atom stereocenters. The van der Waals surface area contributed by atoms with Gasteiger partial charge in [-0.1, -0.05) is 23.7 Å². The van der Waals surface area contributed by atoms with E-state index in [2.05, 4.69) is 23.2 Å². The van der Waals surface area contributed by atoms with Crippen molar-refractivity contribution in [2.75, 3.05) is 0 Å². The van der Waals surface area contributed by atoms with E-state index >= 15 is 0 Å². The second kappa shape index (κ2) is 4.47. The Hall–Kier alpha value is -0.790. The highest BCUT2D eigenvalue weighted by atomic mass is 35.5. The highest BCUT2D eigenvalue weighted by Gasteiger charge is 2.14. The van der Waals surface area contributed by atoms with Crippen molar-refractivity contribution in [1.29, 1.82) is 0 Å². The molecule has 3 heteroatoms. The van der Waals surface area contributed by atoms with Crippen molar-refractivity contribution in [3.63, 3.8) is 0 Å². The number of alkyl halides is 1. The molecule has 0 fully saturated rings. The lowest BCUT2D eigenvalue weighted by atomic mass is 9.89. The van der Waals surface area contributed by atoms with E-state index in [1.54, 1.807) is 0 Å². The minimum absolute atomic E-state index is 0.416. The largest absolute Gasteiger partial charge is 0.235 e. The van der Waals surface area contributed by atoms with E-state index < -0.39 is 0 Å². The topological polar surface area (TPSA) is 12.9 Å². The van der Waals surface area contributed by atoms with Crippen LogP contribution in [0.3, 0.4) is 0 Å².